The van der Waals surface area contributed by atoms with Crippen LogP contribution >= 0.6 is 0 Å². The van der Waals surface area contributed by atoms with Gasteiger partial charge in [-0.2, -0.15) is 5.26 Å². The number of nitrogens with zero attached hydrogens (tertiary/aromatic N) is 2. The molecule has 2 rings (SSSR count). The van der Waals surface area contributed by atoms with E-state index in [1.54, 1.807) is 24.3 Å². The second-order valence-corrected chi connectivity index (χ2v) is 5.18. The molecule has 0 N–H and O–H groups in total. The Kier molecular flexibility index (Phi) is 5.00. The molecule has 1 aromatic rings. The summed E-state index contributed by atoms with van der Waals surface area (Å²) in [6.07, 6.45) is 3.43. The fourth-order valence-corrected chi connectivity index (χ4v) is 2.49. The van der Waals surface area contributed by atoms with Gasteiger partial charge in [-0.15, -0.1) is 0 Å². The molecule has 0 aliphatic carbocycles. The number of carbonyl (C=O) groups is 1. The summed E-state index contributed by atoms with van der Waals surface area (Å²) in [7, 11) is 0. The van der Waals surface area contributed by atoms with Crippen molar-refractivity contribution in [2.45, 2.75) is 26.2 Å². The Labute approximate surface area is 120 Å². The van der Waals surface area contributed by atoms with Crippen LogP contribution in [0.5, 0.6) is 5.75 Å². The van der Waals surface area contributed by atoms with Gasteiger partial charge in [-0.25, -0.2) is 0 Å². The highest BCUT2D eigenvalue weighted by Crippen LogP contribution is 2.19. The van der Waals surface area contributed by atoms with E-state index in [0.29, 0.717) is 17.2 Å². The fourth-order valence-electron chi connectivity index (χ4n) is 2.49. The predicted octanol–water partition coefficient (Wildman–Crippen LogP) is 2.59. The molecule has 0 spiro atoms. The van der Waals surface area contributed by atoms with Gasteiger partial charge in [-0.3, -0.25) is 4.79 Å². The predicted molar refractivity (Wildman–Crippen MR) is 76.2 cm³/mol. The average Bonchev–Trinajstić information content (AvgIpc) is 2.53. The minimum Gasteiger partial charge on any atom is -0.484 e. The number of benzene rings is 1. The van der Waals surface area contributed by atoms with Crippen LogP contribution in [0.25, 0.3) is 0 Å². The molecule has 0 saturated carbocycles. The average molecular weight is 272 g/mol. The van der Waals surface area contributed by atoms with Crippen molar-refractivity contribution in [3.8, 4) is 11.8 Å². The molecule has 0 radical (unpaired) electrons. The molecule has 1 aliphatic heterocycles. The summed E-state index contributed by atoms with van der Waals surface area (Å²) in [5.41, 5.74) is 0.588. The van der Waals surface area contributed by atoms with E-state index in [0.717, 1.165) is 25.9 Å². The Morgan fingerprint density at radius 3 is 2.85 bits per heavy atom. The maximum absolute atomic E-state index is 12.1. The van der Waals surface area contributed by atoms with Gasteiger partial charge in [0, 0.05) is 13.1 Å². The Balaban J connectivity index is 1.83. The number of likely N-dealkylation sites (tertiary alicyclic amines) is 1. The normalized spacial score (nSPS) is 18.4. The maximum Gasteiger partial charge on any atom is 0.260 e. The van der Waals surface area contributed by atoms with Crippen LogP contribution in [-0.2, 0) is 4.79 Å². The molecular weight excluding hydrogens is 252 g/mol. The number of piperidine rings is 1. The molecule has 20 heavy (non-hydrogen) atoms. The number of carbonyl (C=O) groups excluding carboxylic acids is 1. The molecule has 1 fully saturated rings. The molecule has 1 saturated heterocycles. The van der Waals surface area contributed by atoms with E-state index >= 15 is 0 Å². The summed E-state index contributed by atoms with van der Waals surface area (Å²) in [4.78, 5) is 14.0. The highest BCUT2D eigenvalue weighted by Gasteiger charge is 2.22. The van der Waals surface area contributed by atoms with E-state index in [-0.39, 0.29) is 12.5 Å². The van der Waals surface area contributed by atoms with Crippen molar-refractivity contribution in [1.29, 1.82) is 5.26 Å². The molecule has 1 aromatic carbocycles. The zero-order valence-corrected chi connectivity index (χ0v) is 11.8. The molecule has 1 aliphatic rings. The second-order valence-electron chi connectivity index (χ2n) is 5.18. The van der Waals surface area contributed by atoms with Crippen molar-refractivity contribution in [3.05, 3.63) is 29.8 Å². The molecule has 1 unspecified atom stereocenters. The van der Waals surface area contributed by atoms with Gasteiger partial charge in [0.15, 0.2) is 6.61 Å². The van der Waals surface area contributed by atoms with E-state index in [2.05, 4.69) is 13.0 Å². The van der Waals surface area contributed by atoms with E-state index in [9.17, 15) is 4.79 Å². The molecule has 4 nitrogen and oxygen atoms in total. The maximum atomic E-state index is 12.1. The molecule has 1 atom stereocenters. The Morgan fingerprint density at radius 1 is 1.45 bits per heavy atom. The summed E-state index contributed by atoms with van der Waals surface area (Å²) >= 11 is 0. The lowest BCUT2D eigenvalue weighted by Crippen LogP contribution is -2.42. The monoisotopic (exact) mass is 272 g/mol. The third-order valence-electron chi connectivity index (χ3n) is 3.79. The number of hydrogen-bond acceptors (Lipinski definition) is 3. The SMILES string of the molecule is CCC1CCCN(C(=O)COc2ccc(C#N)cc2)C1. The van der Waals surface area contributed by atoms with Gasteiger partial charge in [0.25, 0.3) is 5.91 Å². The first-order chi connectivity index (χ1) is 9.72. The molecule has 0 bridgehead atoms. The minimum atomic E-state index is 0.0486. The fraction of sp³-hybridized carbons (Fsp3) is 0.500. The van der Waals surface area contributed by atoms with Crippen molar-refractivity contribution in [2.75, 3.05) is 19.7 Å². The van der Waals surface area contributed by atoms with Crippen molar-refractivity contribution in [2.24, 2.45) is 5.92 Å². The van der Waals surface area contributed by atoms with Gasteiger partial charge < -0.3 is 9.64 Å². The minimum absolute atomic E-state index is 0.0486. The first-order valence-corrected chi connectivity index (χ1v) is 7.13. The van der Waals surface area contributed by atoms with Crippen LogP contribution in [0, 0.1) is 17.2 Å². The number of hydrogen-bond donors (Lipinski definition) is 0. The molecular formula is C16H20N2O2. The van der Waals surface area contributed by atoms with Crippen molar-refractivity contribution in [1.82, 2.24) is 4.90 Å². The summed E-state index contributed by atoms with van der Waals surface area (Å²) in [6.45, 7) is 3.94. The quantitative estimate of drug-likeness (QED) is 0.846. The van der Waals surface area contributed by atoms with Crippen LogP contribution in [0.15, 0.2) is 24.3 Å². The lowest BCUT2D eigenvalue weighted by atomic mass is 9.96. The highest BCUT2D eigenvalue weighted by atomic mass is 16.5. The van der Waals surface area contributed by atoms with E-state index in [1.165, 1.54) is 6.42 Å². The Hall–Kier alpha value is -2.02. The van der Waals surface area contributed by atoms with Gasteiger partial charge in [0.1, 0.15) is 5.75 Å². The largest absolute Gasteiger partial charge is 0.484 e. The lowest BCUT2D eigenvalue weighted by molar-refractivity contribution is -0.135. The van der Waals surface area contributed by atoms with E-state index in [1.807, 2.05) is 4.90 Å². The van der Waals surface area contributed by atoms with Gasteiger partial charge in [-0.1, -0.05) is 13.3 Å². The lowest BCUT2D eigenvalue weighted by Gasteiger charge is -2.32. The summed E-state index contributed by atoms with van der Waals surface area (Å²) in [5, 5.41) is 8.71. The number of nitriles is 1. The number of amides is 1. The van der Waals surface area contributed by atoms with Crippen LogP contribution < -0.4 is 4.74 Å². The third kappa shape index (κ3) is 3.74. The van der Waals surface area contributed by atoms with Gasteiger partial charge in [0.2, 0.25) is 0 Å². The van der Waals surface area contributed by atoms with Gasteiger partial charge >= 0.3 is 0 Å². The molecule has 0 aromatic heterocycles. The standard InChI is InChI=1S/C16H20N2O2/c1-2-13-4-3-9-18(11-13)16(19)12-20-15-7-5-14(10-17)6-8-15/h5-8,13H,2-4,9,11-12H2,1H3. The molecule has 4 heteroatoms. The summed E-state index contributed by atoms with van der Waals surface area (Å²) in [5.74, 6) is 1.30. The Bertz CT molecular complexity index is 490. The number of ether oxygens (including phenoxy) is 1. The van der Waals surface area contributed by atoms with Crippen LogP contribution in [0.3, 0.4) is 0 Å². The first-order valence-electron chi connectivity index (χ1n) is 7.13. The van der Waals surface area contributed by atoms with Crippen LogP contribution in [0.4, 0.5) is 0 Å². The van der Waals surface area contributed by atoms with Crippen molar-refractivity contribution in [3.63, 3.8) is 0 Å². The van der Waals surface area contributed by atoms with Crippen LogP contribution in [0.1, 0.15) is 31.7 Å². The topological polar surface area (TPSA) is 53.3 Å². The van der Waals surface area contributed by atoms with E-state index < -0.39 is 0 Å². The van der Waals surface area contributed by atoms with Gasteiger partial charge in [0.05, 0.1) is 11.6 Å². The third-order valence-corrected chi connectivity index (χ3v) is 3.79. The molecule has 1 amide bonds. The zero-order chi connectivity index (χ0) is 14.4. The smallest absolute Gasteiger partial charge is 0.260 e. The highest BCUT2D eigenvalue weighted by molar-refractivity contribution is 5.77. The van der Waals surface area contributed by atoms with Gasteiger partial charge in [-0.05, 0) is 43.0 Å². The van der Waals surface area contributed by atoms with E-state index in [4.69, 9.17) is 10.00 Å². The van der Waals surface area contributed by atoms with Crippen molar-refractivity contribution < 1.29 is 9.53 Å². The van der Waals surface area contributed by atoms with Crippen LogP contribution in [-0.4, -0.2) is 30.5 Å². The Morgan fingerprint density at radius 2 is 2.20 bits per heavy atom. The molecule has 106 valence electrons. The van der Waals surface area contributed by atoms with Crippen LogP contribution in [0.2, 0.25) is 0 Å². The zero-order valence-electron chi connectivity index (χ0n) is 11.8. The summed E-state index contributed by atoms with van der Waals surface area (Å²) < 4.78 is 5.49. The molecule has 1 heterocycles. The number of rotatable bonds is 4. The second kappa shape index (κ2) is 6.95. The first kappa shape index (κ1) is 14.4. The summed E-state index contributed by atoms with van der Waals surface area (Å²) in [6, 6.07) is 8.87. The van der Waals surface area contributed by atoms with Crippen molar-refractivity contribution >= 4 is 5.91 Å².